The van der Waals surface area contributed by atoms with Gasteiger partial charge in [-0.2, -0.15) is 0 Å². The molecule has 2 nitrogen and oxygen atoms in total. The number of hydrogen-bond acceptors (Lipinski definition) is 3. The van der Waals surface area contributed by atoms with E-state index in [9.17, 15) is 0 Å². The minimum atomic E-state index is 0.326. The minimum absolute atomic E-state index is 0.326. The summed E-state index contributed by atoms with van der Waals surface area (Å²) in [7, 11) is 0. The number of thiophene rings is 1. The topological polar surface area (TPSA) is 21.3 Å². The summed E-state index contributed by atoms with van der Waals surface area (Å²) in [6.07, 6.45) is 0.326. The molecule has 0 aromatic carbocycles. The molecule has 0 amide bonds. The smallest absolute Gasteiger partial charge is 0.176 e. The van der Waals surface area contributed by atoms with Crippen molar-refractivity contribution in [1.82, 2.24) is 5.32 Å². The Kier molecular flexibility index (Phi) is 2.60. The fraction of sp³-hybridized carbons (Fsp3) is 0.429. The Labute approximate surface area is 88.0 Å². The minimum Gasteiger partial charge on any atom is -0.478 e. The second-order valence-corrected chi connectivity index (χ2v) is 5.06. The molecule has 0 spiro atoms. The molecular formula is C7H7BrClNOS. The molecule has 0 saturated carbocycles. The second kappa shape index (κ2) is 3.54. The summed E-state index contributed by atoms with van der Waals surface area (Å²) in [5, 5.41) is 4.03. The van der Waals surface area contributed by atoms with Crippen molar-refractivity contribution in [1.29, 1.82) is 0 Å². The molecule has 1 aromatic heterocycles. The summed E-state index contributed by atoms with van der Waals surface area (Å²) >= 11 is 10.6. The predicted octanol–water partition coefficient (Wildman–Crippen LogP) is 2.51. The molecule has 0 aliphatic carbocycles. The summed E-state index contributed by atoms with van der Waals surface area (Å²) in [5.41, 5.74) is 0. The lowest BCUT2D eigenvalue weighted by atomic mass is 10.2. The highest BCUT2D eigenvalue weighted by molar-refractivity contribution is 9.10. The second-order valence-electron chi connectivity index (χ2n) is 2.59. The number of nitrogens with one attached hydrogen (secondary N) is 1. The number of hydrogen-bond donors (Lipinski definition) is 1. The molecule has 66 valence electrons. The van der Waals surface area contributed by atoms with Gasteiger partial charge in [0, 0.05) is 19.2 Å². The van der Waals surface area contributed by atoms with E-state index in [0.717, 1.165) is 27.0 Å². The lowest BCUT2D eigenvalue weighted by Crippen LogP contribution is -2.50. The zero-order valence-corrected chi connectivity index (χ0v) is 9.30. The van der Waals surface area contributed by atoms with Crippen LogP contribution in [0.25, 0.3) is 0 Å². The number of rotatable bonds is 2. The average Bonchev–Trinajstić information content (AvgIpc) is 2.24. The molecule has 0 atom stereocenters. The Hall–Kier alpha value is 0.230. The van der Waals surface area contributed by atoms with Crippen LogP contribution < -0.4 is 10.1 Å². The molecular weight excluding hydrogens is 262 g/mol. The molecule has 1 aliphatic heterocycles. The van der Waals surface area contributed by atoms with Crippen molar-refractivity contribution in [2.24, 2.45) is 0 Å². The summed E-state index contributed by atoms with van der Waals surface area (Å²) in [6.45, 7) is 1.88. The quantitative estimate of drug-likeness (QED) is 0.890. The van der Waals surface area contributed by atoms with E-state index in [1.165, 1.54) is 11.3 Å². The highest BCUT2D eigenvalue weighted by Gasteiger charge is 2.19. The van der Waals surface area contributed by atoms with E-state index in [1.54, 1.807) is 0 Å². The van der Waals surface area contributed by atoms with E-state index >= 15 is 0 Å². The first kappa shape index (κ1) is 8.81. The molecule has 1 fully saturated rings. The Morgan fingerprint density at radius 1 is 1.67 bits per heavy atom. The largest absolute Gasteiger partial charge is 0.478 e. The number of halogens is 2. The first-order valence-electron chi connectivity index (χ1n) is 3.58. The van der Waals surface area contributed by atoms with Crippen LogP contribution in [-0.2, 0) is 0 Å². The van der Waals surface area contributed by atoms with Gasteiger partial charge in [0.15, 0.2) is 5.06 Å². The molecule has 5 heteroatoms. The van der Waals surface area contributed by atoms with Crippen LogP contribution in [0.1, 0.15) is 0 Å². The van der Waals surface area contributed by atoms with Crippen LogP contribution in [0.5, 0.6) is 5.06 Å². The van der Waals surface area contributed by atoms with Gasteiger partial charge >= 0.3 is 0 Å². The van der Waals surface area contributed by atoms with Gasteiger partial charge in [-0.15, -0.1) is 0 Å². The Balaban J connectivity index is 2.02. The zero-order valence-electron chi connectivity index (χ0n) is 6.14. The summed E-state index contributed by atoms with van der Waals surface area (Å²) in [5.74, 6) is 0. The Morgan fingerprint density at radius 2 is 2.42 bits per heavy atom. The zero-order chi connectivity index (χ0) is 8.55. The fourth-order valence-corrected chi connectivity index (χ4v) is 2.47. The van der Waals surface area contributed by atoms with E-state index < -0.39 is 0 Å². The van der Waals surface area contributed by atoms with Crippen molar-refractivity contribution in [2.75, 3.05) is 13.1 Å². The molecule has 1 saturated heterocycles. The Morgan fingerprint density at radius 3 is 2.83 bits per heavy atom. The lowest BCUT2D eigenvalue weighted by molar-refractivity contribution is 0.147. The lowest BCUT2D eigenvalue weighted by Gasteiger charge is -2.26. The van der Waals surface area contributed by atoms with Gasteiger partial charge in [0.2, 0.25) is 0 Å². The SMILES string of the molecule is Clc1sc(OC2CNC2)cc1Br. The molecule has 1 N–H and O–H groups in total. The van der Waals surface area contributed by atoms with Crippen LogP contribution in [0.2, 0.25) is 4.34 Å². The maximum absolute atomic E-state index is 5.85. The van der Waals surface area contributed by atoms with Crippen molar-refractivity contribution < 1.29 is 4.74 Å². The molecule has 0 unspecified atom stereocenters. The maximum atomic E-state index is 5.85. The van der Waals surface area contributed by atoms with Crippen LogP contribution in [0, 0.1) is 0 Å². The molecule has 1 aliphatic rings. The van der Waals surface area contributed by atoms with Gasteiger partial charge in [0.05, 0.1) is 4.47 Å². The molecule has 2 rings (SSSR count). The van der Waals surface area contributed by atoms with Crippen LogP contribution in [-0.4, -0.2) is 19.2 Å². The van der Waals surface area contributed by atoms with Crippen LogP contribution in [0.4, 0.5) is 0 Å². The van der Waals surface area contributed by atoms with Gasteiger partial charge in [-0.25, -0.2) is 0 Å². The summed E-state index contributed by atoms with van der Waals surface area (Å²) in [6, 6.07) is 1.91. The molecule has 0 radical (unpaired) electrons. The van der Waals surface area contributed by atoms with E-state index in [4.69, 9.17) is 16.3 Å². The van der Waals surface area contributed by atoms with Crippen LogP contribution in [0.15, 0.2) is 10.5 Å². The van der Waals surface area contributed by atoms with Crippen molar-refractivity contribution in [3.8, 4) is 5.06 Å². The van der Waals surface area contributed by atoms with Gasteiger partial charge in [0.25, 0.3) is 0 Å². The molecule has 12 heavy (non-hydrogen) atoms. The highest BCUT2D eigenvalue weighted by atomic mass is 79.9. The van der Waals surface area contributed by atoms with Gasteiger partial charge in [-0.3, -0.25) is 0 Å². The summed E-state index contributed by atoms with van der Waals surface area (Å²) in [4.78, 5) is 0. The molecule has 1 aromatic rings. The number of ether oxygens (including phenoxy) is 1. The predicted molar refractivity (Wildman–Crippen MR) is 54.3 cm³/mol. The van der Waals surface area contributed by atoms with E-state index in [0.29, 0.717) is 6.10 Å². The fourth-order valence-electron chi connectivity index (χ4n) is 0.895. The third kappa shape index (κ3) is 1.76. The maximum Gasteiger partial charge on any atom is 0.176 e. The first-order chi connectivity index (χ1) is 5.75. The molecule has 0 bridgehead atoms. The Bertz CT molecular complexity index is 267. The highest BCUT2D eigenvalue weighted by Crippen LogP contribution is 2.37. The van der Waals surface area contributed by atoms with Crippen molar-refractivity contribution >= 4 is 38.9 Å². The van der Waals surface area contributed by atoms with Crippen LogP contribution in [0.3, 0.4) is 0 Å². The van der Waals surface area contributed by atoms with Gasteiger partial charge in [-0.05, 0) is 15.9 Å². The molecule has 2 heterocycles. The van der Waals surface area contributed by atoms with Crippen molar-refractivity contribution in [3.05, 3.63) is 14.9 Å². The summed E-state index contributed by atoms with van der Waals surface area (Å²) < 4.78 is 7.25. The van der Waals surface area contributed by atoms with Gasteiger partial charge in [0.1, 0.15) is 10.4 Å². The monoisotopic (exact) mass is 267 g/mol. The van der Waals surface area contributed by atoms with E-state index in [2.05, 4.69) is 21.2 Å². The normalized spacial score (nSPS) is 17.5. The van der Waals surface area contributed by atoms with Gasteiger partial charge in [-0.1, -0.05) is 22.9 Å². The van der Waals surface area contributed by atoms with Gasteiger partial charge < -0.3 is 10.1 Å². The third-order valence-electron chi connectivity index (χ3n) is 1.65. The average molecular weight is 269 g/mol. The third-order valence-corrected chi connectivity index (χ3v) is 4.01. The van der Waals surface area contributed by atoms with Crippen molar-refractivity contribution in [2.45, 2.75) is 6.10 Å². The van der Waals surface area contributed by atoms with Crippen molar-refractivity contribution in [3.63, 3.8) is 0 Å². The van der Waals surface area contributed by atoms with E-state index in [1.807, 2.05) is 6.07 Å². The first-order valence-corrected chi connectivity index (χ1v) is 5.56. The standard InChI is InChI=1S/C7H7BrClNOS/c8-5-1-6(12-7(5)9)11-4-2-10-3-4/h1,4,10H,2-3H2. The van der Waals surface area contributed by atoms with Crippen LogP contribution >= 0.6 is 38.9 Å². The van der Waals surface area contributed by atoms with E-state index in [-0.39, 0.29) is 0 Å².